The third kappa shape index (κ3) is 2.97. The molecule has 0 amide bonds. The van der Waals surface area contributed by atoms with Crippen LogP contribution in [0.4, 0.5) is 0 Å². The fourth-order valence-corrected chi connectivity index (χ4v) is 1.71. The van der Waals surface area contributed by atoms with Crippen LogP contribution < -0.4 is 4.74 Å². The van der Waals surface area contributed by atoms with Gasteiger partial charge in [-0.25, -0.2) is 0 Å². The molecule has 3 heteroatoms. The van der Waals surface area contributed by atoms with Gasteiger partial charge in [0.05, 0.1) is 0 Å². The van der Waals surface area contributed by atoms with Gasteiger partial charge in [-0.05, 0) is 49.2 Å². The van der Waals surface area contributed by atoms with E-state index in [4.69, 9.17) is 9.15 Å². The molecule has 0 unspecified atom stereocenters. The summed E-state index contributed by atoms with van der Waals surface area (Å²) in [5.41, 5.74) is 2.32. The first-order chi connectivity index (χ1) is 8.17. The third-order valence-corrected chi connectivity index (χ3v) is 2.37. The molecule has 1 aromatic carbocycles. The summed E-state index contributed by atoms with van der Waals surface area (Å²) in [6.45, 7) is 4.38. The number of hydrogen-bond donors (Lipinski definition) is 0. The molecular weight excluding hydrogens is 216 g/mol. The van der Waals surface area contributed by atoms with Gasteiger partial charge in [0.1, 0.15) is 18.1 Å². The predicted octanol–water partition coefficient (Wildman–Crippen LogP) is 3.29. The van der Waals surface area contributed by atoms with E-state index in [-0.39, 0.29) is 0 Å². The van der Waals surface area contributed by atoms with E-state index >= 15 is 0 Å². The Balaban J connectivity index is 2.04. The number of furan rings is 1. The molecule has 0 N–H and O–H groups in total. The number of ether oxygens (including phenoxy) is 1. The summed E-state index contributed by atoms with van der Waals surface area (Å²) in [6, 6.07) is 9.40. The molecule has 0 saturated heterocycles. The van der Waals surface area contributed by atoms with Crippen LogP contribution in [-0.2, 0) is 6.61 Å². The summed E-state index contributed by atoms with van der Waals surface area (Å²) in [5, 5.41) is 0. The largest absolute Gasteiger partial charge is 0.486 e. The standard InChI is InChI=1S/C14H14O3/c1-10-5-11(2)7-14(6-10)16-9-13-4-3-12(8-15)17-13/h3-8H,9H2,1-2H3. The molecule has 0 aliphatic heterocycles. The fourth-order valence-electron chi connectivity index (χ4n) is 1.71. The monoisotopic (exact) mass is 230 g/mol. The Labute approximate surface area is 100 Å². The normalized spacial score (nSPS) is 10.2. The van der Waals surface area contributed by atoms with Crippen molar-refractivity contribution in [3.05, 3.63) is 53.0 Å². The lowest BCUT2D eigenvalue weighted by Gasteiger charge is -2.06. The minimum absolute atomic E-state index is 0.323. The summed E-state index contributed by atoms with van der Waals surface area (Å²) < 4.78 is 10.8. The van der Waals surface area contributed by atoms with Crippen molar-refractivity contribution in [3.63, 3.8) is 0 Å². The highest BCUT2D eigenvalue weighted by Gasteiger charge is 2.02. The second kappa shape index (κ2) is 4.87. The number of hydrogen-bond acceptors (Lipinski definition) is 3. The summed E-state index contributed by atoms with van der Waals surface area (Å²) >= 11 is 0. The number of benzene rings is 1. The van der Waals surface area contributed by atoms with E-state index in [1.807, 2.05) is 26.0 Å². The Morgan fingerprint density at radius 3 is 2.47 bits per heavy atom. The maximum absolute atomic E-state index is 10.4. The minimum Gasteiger partial charge on any atom is -0.486 e. The highest BCUT2D eigenvalue weighted by Crippen LogP contribution is 2.18. The Kier molecular flexibility index (Phi) is 3.28. The number of aryl methyl sites for hydroxylation is 2. The van der Waals surface area contributed by atoms with Crippen LogP contribution in [0.3, 0.4) is 0 Å². The van der Waals surface area contributed by atoms with Crippen molar-refractivity contribution in [2.75, 3.05) is 0 Å². The van der Waals surface area contributed by atoms with Crippen LogP contribution in [-0.4, -0.2) is 6.29 Å². The smallest absolute Gasteiger partial charge is 0.185 e. The lowest BCUT2D eigenvalue weighted by molar-refractivity contribution is 0.109. The van der Waals surface area contributed by atoms with Gasteiger partial charge < -0.3 is 9.15 Å². The van der Waals surface area contributed by atoms with Crippen molar-refractivity contribution in [1.29, 1.82) is 0 Å². The summed E-state index contributed by atoms with van der Waals surface area (Å²) in [5.74, 6) is 1.78. The van der Waals surface area contributed by atoms with Crippen molar-refractivity contribution in [2.45, 2.75) is 20.5 Å². The van der Waals surface area contributed by atoms with Crippen LogP contribution in [0.15, 0.2) is 34.7 Å². The van der Waals surface area contributed by atoms with E-state index in [0.29, 0.717) is 24.4 Å². The van der Waals surface area contributed by atoms with E-state index in [9.17, 15) is 4.79 Å². The Morgan fingerprint density at radius 1 is 1.18 bits per heavy atom. The first kappa shape index (κ1) is 11.5. The van der Waals surface area contributed by atoms with E-state index < -0.39 is 0 Å². The first-order valence-corrected chi connectivity index (χ1v) is 5.42. The van der Waals surface area contributed by atoms with Crippen molar-refractivity contribution < 1.29 is 13.9 Å². The quantitative estimate of drug-likeness (QED) is 0.756. The van der Waals surface area contributed by atoms with Gasteiger partial charge in [-0.2, -0.15) is 0 Å². The second-order valence-corrected chi connectivity index (χ2v) is 4.03. The zero-order valence-corrected chi connectivity index (χ0v) is 9.90. The summed E-state index contributed by atoms with van der Waals surface area (Å²) in [4.78, 5) is 10.4. The lowest BCUT2D eigenvalue weighted by atomic mass is 10.1. The van der Waals surface area contributed by atoms with Crippen molar-refractivity contribution in [3.8, 4) is 5.75 Å². The van der Waals surface area contributed by atoms with Crippen LogP contribution in [0.25, 0.3) is 0 Å². The number of aldehydes is 1. The average molecular weight is 230 g/mol. The molecule has 17 heavy (non-hydrogen) atoms. The van der Waals surface area contributed by atoms with Crippen LogP contribution in [0, 0.1) is 13.8 Å². The molecule has 3 nitrogen and oxygen atoms in total. The molecule has 0 saturated carbocycles. The van der Waals surface area contributed by atoms with Crippen LogP contribution >= 0.6 is 0 Å². The van der Waals surface area contributed by atoms with Crippen LogP contribution in [0.1, 0.15) is 27.4 Å². The van der Waals surface area contributed by atoms with Gasteiger partial charge in [-0.3, -0.25) is 4.79 Å². The topological polar surface area (TPSA) is 39.4 Å². The Hall–Kier alpha value is -2.03. The lowest BCUT2D eigenvalue weighted by Crippen LogP contribution is -1.94. The molecule has 2 aromatic rings. The summed E-state index contributed by atoms with van der Waals surface area (Å²) in [7, 11) is 0. The van der Waals surface area contributed by atoms with Crippen molar-refractivity contribution in [2.24, 2.45) is 0 Å². The number of carbonyl (C=O) groups is 1. The second-order valence-electron chi connectivity index (χ2n) is 4.03. The maximum Gasteiger partial charge on any atom is 0.185 e. The first-order valence-electron chi connectivity index (χ1n) is 5.42. The van der Waals surface area contributed by atoms with Gasteiger partial charge >= 0.3 is 0 Å². The van der Waals surface area contributed by atoms with Gasteiger partial charge in [0.2, 0.25) is 0 Å². The number of rotatable bonds is 4. The molecule has 0 aliphatic rings. The molecule has 88 valence electrons. The Bertz CT molecular complexity index is 506. The molecule has 2 rings (SSSR count). The van der Waals surface area contributed by atoms with E-state index in [1.165, 1.54) is 0 Å². The molecule has 0 atom stereocenters. The van der Waals surface area contributed by atoms with Gasteiger partial charge in [0, 0.05) is 0 Å². The SMILES string of the molecule is Cc1cc(C)cc(OCc2ccc(C=O)o2)c1. The average Bonchev–Trinajstić information content (AvgIpc) is 2.73. The molecule has 0 bridgehead atoms. The van der Waals surface area contributed by atoms with Crippen molar-refractivity contribution >= 4 is 6.29 Å². The summed E-state index contributed by atoms with van der Waals surface area (Å²) in [6.07, 6.45) is 0.681. The Morgan fingerprint density at radius 2 is 1.88 bits per heavy atom. The van der Waals surface area contributed by atoms with E-state index in [2.05, 4.69) is 6.07 Å². The highest BCUT2D eigenvalue weighted by molar-refractivity contribution is 5.70. The molecule has 0 fully saturated rings. The van der Waals surface area contributed by atoms with Crippen LogP contribution in [0.5, 0.6) is 5.75 Å². The third-order valence-electron chi connectivity index (χ3n) is 2.37. The fraction of sp³-hybridized carbons (Fsp3) is 0.214. The van der Waals surface area contributed by atoms with Gasteiger partial charge in [0.15, 0.2) is 12.0 Å². The number of carbonyl (C=O) groups excluding carboxylic acids is 1. The maximum atomic E-state index is 10.4. The zero-order valence-electron chi connectivity index (χ0n) is 9.90. The highest BCUT2D eigenvalue weighted by atomic mass is 16.5. The molecule has 0 spiro atoms. The van der Waals surface area contributed by atoms with Crippen molar-refractivity contribution in [1.82, 2.24) is 0 Å². The van der Waals surface area contributed by atoms with E-state index in [1.54, 1.807) is 12.1 Å². The van der Waals surface area contributed by atoms with Crippen LogP contribution in [0.2, 0.25) is 0 Å². The van der Waals surface area contributed by atoms with E-state index in [0.717, 1.165) is 16.9 Å². The molecule has 0 aliphatic carbocycles. The molecule has 0 radical (unpaired) electrons. The van der Waals surface area contributed by atoms with Gasteiger partial charge in [-0.15, -0.1) is 0 Å². The molecule has 1 heterocycles. The molecule has 1 aromatic heterocycles. The minimum atomic E-state index is 0.323. The van der Waals surface area contributed by atoms with Gasteiger partial charge in [0.25, 0.3) is 0 Å². The predicted molar refractivity (Wildman–Crippen MR) is 64.3 cm³/mol. The zero-order chi connectivity index (χ0) is 12.3. The van der Waals surface area contributed by atoms with Gasteiger partial charge in [-0.1, -0.05) is 6.07 Å². The molecular formula is C14H14O3.